The Labute approximate surface area is 166 Å². The standard InChI is InChI=1S/C22H14ClNO4/c1-13-18(28-22(26)15-4-2-3-5-17(15)23)7-6-16-20(25)19(27-21(13)16)12-14-8-10-24-11-9-14/h2-12H,1H3/b19-12-. The number of allylic oxidation sites excluding steroid dienone is 1. The van der Waals surface area contributed by atoms with E-state index >= 15 is 0 Å². The maximum Gasteiger partial charge on any atom is 0.345 e. The van der Waals surface area contributed by atoms with Crippen molar-refractivity contribution in [1.82, 2.24) is 4.98 Å². The van der Waals surface area contributed by atoms with E-state index in [2.05, 4.69) is 4.98 Å². The van der Waals surface area contributed by atoms with Gasteiger partial charge in [-0.05, 0) is 55.0 Å². The number of fused-ring (bicyclic) bond motifs is 1. The minimum Gasteiger partial charge on any atom is -0.452 e. The molecule has 6 heteroatoms. The molecule has 0 amide bonds. The number of ketones is 1. The maximum atomic E-state index is 12.6. The Kier molecular flexibility index (Phi) is 4.67. The van der Waals surface area contributed by atoms with Crippen molar-refractivity contribution in [2.45, 2.75) is 6.92 Å². The quantitative estimate of drug-likeness (QED) is 0.361. The van der Waals surface area contributed by atoms with E-state index in [1.54, 1.807) is 73.9 Å². The van der Waals surface area contributed by atoms with Crippen LogP contribution in [0.15, 0.2) is 66.7 Å². The number of hydrogen-bond donors (Lipinski definition) is 0. The van der Waals surface area contributed by atoms with Gasteiger partial charge in [-0.1, -0.05) is 23.7 Å². The molecule has 0 N–H and O–H groups in total. The van der Waals surface area contributed by atoms with Gasteiger partial charge >= 0.3 is 5.97 Å². The molecule has 28 heavy (non-hydrogen) atoms. The lowest BCUT2D eigenvalue weighted by Crippen LogP contribution is -2.10. The molecule has 0 aliphatic carbocycles. The lowest BCUT2D eigenvalue weighted by molar-refractivity contribution is 0.0733. The summed E-state index contributed by atoms with van der Waals surface area (Å²) in [4.78, 5) is 29.0. The van der Waals surface area contributed by atoms with Crippen molar-refractivity contribution < 1.29 is 19.1 Å². The van der Waals surface area contributed by atoms with Gasteiger partial charge in [0.25, 0.3) is 0 Å². The Morgan fingerprint density at radius 2 is 1.86 bits per heavy atom. The summed E-state index contributed by atoms with van der Waals surface area (Å²) in [5, 5.41) is 0.306. The van der Waals surface area contributed by atoms with Gasteiger partial charge in [0, 0.05) is 18.0 Å². The molecule has 0 fully saturated rings. The molecular weight excluding hydrogens is 378 g/mol. The van der Waals surface area contributed by atoms with Gasteiger partial charge < -0.3 is 9.47 Å². The first kappa shape index (κ1) is 17.9. The van der Waals surface area contributed by atoms with Crippen molar-refractivity contribution in [2.75, 3.05) is 0 Å². The fourth-order valence-corrected chi connectivity index (χ4v) is 3.08. The summed E-state index contributed by atoms with van der Waals surface area (Å²) >= 11 is 6.05. The highest BCUT2D eigenvalue weighted by Gasteiger charge is 2.30. The highest BCUT2D eigenvalue weighted by molar-refractivity contribution is 6.33. The second-order valence-corrected chi connectivity index (χ2v) is 6.56. The SMILES string of the molecule is Cc1c(OC(=O)c2ccccc2Cl)ccc2c1O/C(=C\c1ccncc1)C2=O. The van der Waals surface area contributed by atoms with Crippen molar-refractivity contribution in [2.24, 2.45) is 0 Å². The van der Waals surface area contributed by atoms with E-state index < -0.39 is 5.97 Å². The molecule has 138 valence electrons. The largest absolute Gasteiger partial charge is 0.452 e. The van der Waals surface area contributed by atoms with Crippen LogP contribution < -0.4 is 9.47 Å². The maximum absolute atomic E-state index is 12.6. The second-order valence-electron chi connectivity index (χ2n) is 6.16. The smallest absolute Gasteiger partial charge is 0.345 e. The Bertz CT molecular complexity index is 1120. The molecule has 3 aromatic rings. The predicted octanol–water partition coefficient (Wildman–Crippen LogP) is 4.88. The van der Waals surface area contributed by atoms with Crippen molar-refractivity contribution >= 4 is 29.4 Å². The van der Waals surface area contributed by atoms with Gasteiger partial charge in [-0.15, -0.1) is 0 Å². The number of nitrogens with zero attached hydrogens (tertiary/aromatic N) is 1. The summed E-state index contributed by atoms with van der Waals surface area (Å²) in [6.07, 6.45) is 4.92. The van der Waals surface area contributed by atoms with Crippen molar-refractivity contribution in [3.63, 3.8) is 0 Å². The number of Topliss-reactive ketones (excluding diaryl/α,β-unsaturated/α-hetero) is 1. The van der Waals surface area contributed by atoms with Crippen LogP contribution in [-0.4, -0.2) is 16.7 Å². The van der Waals surface area contributed by atoms with Gasteiger partial charge in [0.05, 0.1) is 16.1 Å². The molecule has 0 spiro atoms. The predicted molar refractivity (Wildman–Crippen MR) is 105 cm³/mol. The zero-order chi connectivity index (χ0) is 19.7. The van der Waals surface area contributed by atoms with Gasteiger partial charge in [-0.25, -0.2) is 4.79 Å². The molecule has 1 aliphatic heterocycles. The highest BCUT2D eigenvalue weighted by atomic mass is 35.5. The number of aromatic nitrogens is 1. The number of halogens is 1. The molecule has 1 aromatic heterocycles. The molecule has 0 unspecified atom stereocenters. The summed E-state index contributed by atoms with van der Waals surface area (Å²) in [5.41, 5.74) is 2.05. The van der Waals surface area contributed by atoms with E-state index in [0.29, 0.717) is 27.6 Å². The number of pyridine rings is 1. The lowest BCUT2D eigenvalue weighted by atomic mass is 10.1. The number of rotatable bonds is 3. The van der Waals surface area contributed by atoms with Crippen LogP contribution in [0.2, 0.25) is 5.02 Å². The summed E-state index contributed by atoms with van der Waals surface area (Å²) in [6.45, 7) is 1.73. The first-order chi connectivity index (χ1) is 13.5. The number of carbonyl (C=O) groups is 2. The fourth-order valence-electron chi connectivity index (χ4n) is 2.87. The van der Waals surface area contributed by atoms with Crippen LogP contribution in [0.1, 0.15) is 31.8 Å². The van der Waals surface area contributed by atoms with Crippen LogP contribution in [0.3, 0.4) is 0 Å². The van der Waals surface area contributed by atoms with Gasteiger partial charge in [-0.3, -0.25) is 9.78 Å². The van der Waals surface area contributed by atoms with E-state index in [-0.39, 0.29) is 17.1 Å². The Morgan fingerprint density at radius 1 is 1.11 bits per heavy atom. The molecule has 0 bridgehead atoms. The average molecular weight is 392 g/mol. The normalized spacial score (nSPS) is 13.9. The highest BCUT2D eigenvalue weighted by Crippen LogP contribution is 2.39. The Morgan fingerprint density at radius 3 is 2.61 bits per heavy atom. The van der Waals surface area contributed by atoms with Gasteiger partial charge in [-0.2, -0.15) is 0 Å². The van der Waals surface area contributed by atoms with E-state index in [4.69, 9.17) is 21.1 Å². The van der Waals surface area contributed by atoms with E-state index in [9.17, 15) is 9.59 Å². The zero-order valence-corrected chi connectivity index (χ0v) is 15.6. The first-order valence-corrected chi connectivity index (χ1v) is 8.87. The van der Waals surface area contributed by atoms with Crippen LogP contribution in [-0.2, 0) is 0 Å². The Hall–Kier alpha value is -3.44. The fraction of sp³-hybridized carbons (Fsp3) is 0.0455. The topological polar surface area (TPSA) is 65.5 Å². The third-order valence-corrected chi connectivity index (χ3v) is 4.67. The minimum atomic E-state index is -0.578. The second kappa shape index (κ2) is 7.29. The van der Waals surface area contributed by atoms with Crippen LogP contribution in [0.4, 0.5) is 0 Å². The molecule has 1 aliphatic rings. The van der Waals surface area contributed by atoms with Crippen molar-refractivity contribution in [3.8, 4) is 11.5 Å². The summed E-state index contributed by atoms with van der Waals surface area (Å²) in [6, 6.07) is 13.4. The molecule has 0 saturated heterocycles. The van der Waals surface area contributed by atoms with Gasteiger partial charge in [0.2, 0.25) is 5.78 Å². The molecule has 2 heterocycles. The van der Waals surface area contributed by atoms with Gasteiger partial charge in [0.15, 0.2) is 5.76 Å². The average Bonchev–Trinajstić information content (AvgIpc) is 3.01. The van der Waals surface area contributed by atoms with E-state index in [1.807, 2.05) is 0 Å². The number of hydrogen-bond acceptors (Lipinski definition) is 5. The molecule has 5 nitrogen and oxygen atoms in total. The summed E-state index contributed by atoms with van der Waals surface area (Å²) in [7, 11) is 0. The molecule has 0 saturated carbocycles. The molecule has 2 aromatic carbocycles. The molecule has 0 atom stereocenters. The number of esters is 1. The molecular formula is C22H14ClNO4. The first-order valence-electron chi connectivity index (χ1n) is 8.49. The summed E-state index contributed by atoms with van der Waals surface area (Å²) in [5.74, 6) is 0.0969. The molecule has 4 rings (SSSR count). The van der Waals surface area contributed by atoms with Crippen molar-refractivity contribution in [3.05, 3.63) is 94.0 Å². The minimum absolute atomic E-state index is 0.207. The number of benzene rings is 2. The Balaban J connectivity index is 1.63. The van der Waals surface area contributed by atoms with Crippen LogP contribution in [0.5, 0.6) is 11.5 Å². The summed E-state index contributed by atoms with van der Waals surface area (Å²) < 4.78 is 11.3. The van der Waals surface area contributed by atoms with Gasteiger partial charge in [0.1, 0.15) is 11.5 Å². The van der Waals surface area contributed by atoms with Crippen LogP contribution in [0.25, 0.3) is 6.08 Å². The van der Waals surface area contributed by atoms with E-state index in [1.165, 1.54) is 0 Å². The molecule has 0 radical (unpaired) electrons. The third-order valence-electron chi connectivity index (χ3n) is 4.34. The lowest BCUT2D eigenvalue weighted by Gasteiger charge is -2.10. The van der Waals surface area contributed by atoms with E-state index in [0.717, 1.165) is 5.56 Å². The number of carbonyl (C=O) groups excluding carboxylic acids is 2. The zero-order valence-electron chi connectivity index (χ0n) is 14.8. The number of ether oxygens (including phenoxy) is 2. The van der Waals surface area contributed by atoms with Crippen LogP contribution >= 0.6 is 11.6 Å². The monoisotopic (exact) mass is 391 g/mol. The third kappa shape index (κ3) is 3.28. The van der Waals surface area contributed by atoms with Crippen molar-refractivity contribution in [1.29, 1.82) is 0 Å². The van der Waals surface area contributed by atoms with Crippen LogP contribution in [0, 0.1) is 6.92 Å².